The van der Waals surface area contributed by atoms with Gasteiger partial charge < -0.3 is 16.3 Å². The lowest BCUT2D eigenvalue weighted by Crippen LogP contribution is -2.42. The Bertz CT molecular complexity index is 403. The SMILES string of the molecule is CC(C)C(C(=O)NCCc1cscn1)C(N)=NO. The van der Waals surface area contributed by atoms with Crippen molar-refractivity contribution in [3.8, 4) is 0 Å². The van der Waals surface area contributed by atoms with Crippen molar-refractivity contribution >= 4 is 23.1 Å². The van der Waals surface area contributed by atoms with Crippen molar-refractivity contribution in [3.63, 3.8) is 0 Å². The molecule has 0 aliphatic carbocycles. The van der Waals surface area contributed by atoms with Crippen molar-refractivity contribution in [2.24, 2.45) is 22.7 Å². The number of oxime groups is 1. The number of amides is 1. The Labute approximate surface area is 110 Å². The van der Waals surface area contributed by atoms with E-state index in [0.717, 1.165) is 5.69 Å². The van der Waals surface area contributed by atoms with Crippen LogP contribution in [0.15, 0.2) is 16.0 Å². The minimum absolute atomic E-state index is 0.0276. The molecule has 100 valence electrons. The van der Waals surface area contributed by atoms with Crippen LogP contribution in [0.1, 0.15) is 19.5 Å². The summed E-state index contributed by atoms with van der Waals surface area (Å²) < 4.78 is 0. The van der Waals surface area contributed by atoms with Crippen LogP contribution in [0.4, 0.5) is 0 Å². The number of nitrogens with one attached hydrogen (secondary N) is 1. The fraction of sp³-hybridized carbons (Fsp3) is 0.545. The van der Waals surface area contributed by atoms with Crippen molar-refractivity contribution in [1.82, 2.24) is 10.3 Å². The Morgan fingerprint density at radius 3 is 2.89 bits per heavy atom. The maximum Gasteiger partial charge on any atom is 0.231 e. The maximum absolute atomic E-state index is 11.9. The number of carbonyl (C=O) groups is 1. The van der Waals surface area contributed by atoms with Crippen LogP contribution >= 0.6 is 11.3 Å². The van der Waals surface area contributed by atoms with E-state index < -0.39 is 5.92 Å². The van der Waals surface area contributed by atoms with Crippen LogP contribution in [-0.4, -0.2) is 28.5 Å². The molecule has 1 atom stereocenters. The highest BCUT2D eigenvalue weighted by molar-refractivity contribution is 7.07. The van der Waals surface area contributed by atoms with E-state index >= 15 is 0 Å². The van der Waals surface area contributed by atoms with Gasteiger partial charge in [0.15, 0.2) is 5.84 Å². The monoisotopic (exact) mass is 270 g/mol. The summed E-state index contributed by atoms with van der Waals surface area (Å²) >= 11 is 1.52. The lowest BCUT2D eigenvalue weighted by Gasteiger charge is -2.18. The molecule has 1 heterocycles. The second-order valence-corrected chi connectivity index (χ2v) is 4.99. The van der Waals surface area contributed by atoms with Crippen LogP contribution in [0.25, 0.3) is 0 Å². The number of thiazole rings is 1. The molecule has 7 heteroatoms. The third-order valence-electron chi connectivity index (χ3n) is 2.55. The quantitative estimate of drug-likeness (QED) is 0.308. The van der Waals surface area contributed by atoms with Crippen LogP contribution in [0, 0.1) is 11.8 Å². The number of aromatic nitrogens is 1. The molecule has 0 bridgehead atoms. The lowest BCUT2D eigenvalue weighted by molar-refractivity contribution is -0.124. The van der Waals surface area contributed by atoms with Gasteiger partial charge >= 0.3 is 0 Å². The van der Waals surface area contributed by atoms with Gasteiger partial charge in [0, 0.05) is 18.3 Å². The average molecular weight is 270 g/mol. The first-order valence-corrected chi connectivity index (χ1v) is 6.62. The second kappa shape index (κ2) is 6.95. The molecule has 0 aromatic carbocycles. The first kappa shape index (κ1) is 14.4. The summed E-state index contributed by atoms with van der Waals surface area (Å²) in [7, 11) is 0. The summed E-state index contributed by atoms with van der Waals surface area (Å²) in [6.07, 6.45) is 0.677. The number of nitrogens with two attached hydrogens (primary N) is 1. The minimum atomic E-state index is -0.606. The van der Waals surface area contributed by atoms with Crippen molar-refractivity contribution in [3.05, 3.63) is 16.6 Å². The topological polar surface area (TPSA) is 101 Å². The van der Waals surface area contributed by atoms with Gasteiger partial charge in [-0.15, -0.1) is 11.3 Å². The number of amidine groups is 1. The zero-order valence-corrected chi connectivity index (χ0v) is 11.3. The first-order valence-electron chi connectivity index (χ1n) is 5.68. The number of rotatable bonds is 6. The maximum atomic E-state index is 11.9. The second-order valence-electron chi connectivity index (χ2n) is 4.27. The first-order chi connectivity index (χ1) is 8.56. The molecule has 6 nitrogen and oxygen atoms in total. The van der Waals surface area contributed by atoms with E-state index in [1.807, 2.05) is 19.2 Å². The number of nitrogens with zero attached hydrogens (tertiary/aromatic N) is 2. The lowest BCUT2D eigenvalue weighted by atomic mass is 9.94. The highest BCUT2D eigenvalue weighted by atomic mass is 32.1. The van der Waals surface area contributed by atoms with Gasteiger partial charge in [0.2, 0.25) is 5.91 Å². The van der Waals surface area contributed by atoms with Gasteiger partial charge in [-0.3, -0.25) is 4.79 Å². The molecule has 0 saturated carbocycles. The summed E-state index contributed by atoms with van der Waals surface area (Å²) in [6.45, 7) is 4.19. The van der Waals surface area contributed by atoms with Crippen LogP contribution in [0.2, 0.25) is 0 Å². The molecule has 4 N–H and O–H groups in total. The zero-order valence-electron chi connectivity index (χ0n) is 10.5. The van der Waals surface area contributed by atoms with E-state index in [9.17, 15) is 4.79 Å². The van der Waals surface area contributed by atoms with Gasteiger partial charge in [-0.05, 0) is 5.92 Å². The van der Waals surface area contributed by atoms with Crippen molar-refractivity contribution < 1.29 is 10.0 Å². The largest absolute Gasteiger partial charge is 0.409 e. The fourth-order valence-electron chi connectivity index (χ4n) is 1.63. The summed E-state index contributed by atoms with van der Waals surface area (Å²) in [5.41, 5.74) is 8.22. The molecule has 1 aromatic rings. The molecule has 0 spiro atoms. The molecule has 1 aromatic heterocycles. The molecule has 0 radical (unpaired) electrons. The molecule has 0 fully saturated rings. The Balaban J connectivity index is 2.47. The fourth-order valence-corrected chi connectivity index (χ4v) is 2.22. The highest BCUT2D eigenvalue weighted by Crippen LogP contribution is 2.11. The molecule has 1 unspecified atom stereocenters. The van der Waals surface area contributed by atoms with Crippen LogP contribution in [0.3, 0.4) is 0 Å². The molecule has 0 saturated heterocycles. The number of hydrogen-bond donors (Lipinski definition) is 3. The molecule has 1 amide bonds. The smallest absolute Gasteiger partial charge is 0.231 e. The predicted octanol–water partition coefficient (Wildman–Crippen LogP) is 0.820. The van der Waals surface area contributed by atoms with Gasteiger partial charge in [-0.2, -0.15) is 0 Å². The Hall–Kier alpha value is -1.63. The third kappa shape index (κ3) is 3.99. The minimum Gasteiger partial charge on any atom is -0.409 e. The van der Waals surface area contributed by atoms with Gasteiger partial charge in [0.1, 0.15) is 5.92 Å². The summed E-state index contributed by atoms with van der Waals surface area (Å²) in [5.74, 6) is -0.919. The zero-order chi connectivity index (χ0) is 13.5. The van der Waals surface area contributed by atoms with Crippen molar-refractivity contribution in [2.45, 2.75) is 20.3 Å². The third-order valence-corrected chi connectivity index (χ3v) is 3.18. The Kier molecular flexibility index (Phi) is 5.57. The molecule has 18 heavy (non-hydrogen) atoms. The summed E-state index contributed by atoms with van der Waals surface area (Å²) in [4.78, 5) is 16.0. The van der Waals surface area contributed by atoms with E-state index in [1.54, 1.807) is 5.51 Å². The van der Waals surface area contributed by atoms with Crippen LogP contribution in [-0.2, 0) is 11.2 Å². The van der Waals surface area contributed by atoms with Crippen LogP contribution < -0.4 is 11.1 Å². The molecular weight excluding hydrogens is 252 g/mol. The standard InChI is InChI=1S/C11H18N4O2S/c1-7(2)9(10(12)15-17)11(16)13-4-3-8-5-18-6-14-8/h5-7,9,17H,3-4H2,1-2H3,(H2,12,15)(H,13,16). The van der Waals surface area contributed by atoms with E-state index in [4.69, 9.17) is 10.9 Å². The van der Waals surface area contributed by atoms with Gasteiger partial charge in [0.05, 0.1) is 11.2 Å². The van der Waals surface area contributed by atoms with Crippen molar-refractivity contribution in [1.29, 1.82) is 0 Å². The van der Waals surface area contributed by atoms with E-state index in [0.29, 0.717) is 13.0 Å². The van der Waals surface area contributed by atoms with Crippen molar-refractivity contribution in [2.75, 3.05) is 6.54 Å². The summed E-state index contributed by atoms with van der Waals surface area (Å²) in [6, 6.07) is 0. The normalized spacial score (nSPS) is 13.6. The average Bonchev–Trinajstić information content (AvgIpc) is 2.81. The summed E-state index contributed by atoms with van der Waals surface area (Å²) in [5, 5.41) is 16.3. The molecule has 1 rings (SSSR count). The van der Waals surface area contributed by atoms with E-state index in [-0.39, 0.29) is 17.7 Å². The molecule has 0 aliphatic rings. The van der Waals surface area contributed by atoms with Crippen LogP contribution in [0.5, 0.6) is 0 Å². The number of carbonyl (C=O) groups excluding carboxylic acids is 1. The van der Waals surface area contributed by atoms with Gasteiger partial charge in [-0.25, -0.2) is 4.98 Å². The molecule has 0 aliphatic heterocycles. The Morgan fingerprint density at radius 1 is 1.67 bits per heavy atom. The van der Waals surface area contributed by atoms with Gasteiger partial charge in [0.25, 0.3) is 0 Å². The number of hydrogen-bond acceptors (Lipinski definition) is 5. The van der Waals surface area contributed by atoms with E-state index in [1.165, 1.54) is 11.3 Å². The Morgan fingerprint density at radius 2 is 2.39 bits per heavy atom. The predicted molar refractivity (Wildman–Crippen MR) is 70.6 cm³/mol. The van der Waals surface area contributed by atoms with Gasteiger partial charge in [-0.1, -0.05) is 19.0 Å². The molecular formula is C11H18N4O2S. The van der Waals surface area contributed by atoms with E-state index in [2.05, 4.69) is 15.5 Å². The highest BCUT2D eigenvalue weighted by Gasteiger charge is 2.26.